The molecule has 6 heteroatoms. The third kappa shape index (κ3) is 2.83. The van der Waals surface area contributed by atoms with E-state index in [0.717, 1.165) is 28.8 Å². The molecule has 0 radical (unpaired) electrons. The van der Waals surface area contributed by atoms with Crippen LogP contribution in [0.15, 0.2) is 65.9 Å². The van der Waals surface area contributed by atoms with Crippen molar-refractivity contribution in [3.05, 3.63) is 87.8 Å². The molecule has 0 saturated heterocycles. The number of carbonyl (C=O) groups excluding carboxylic acids is 1. The summed E-state index contributed by atoms with van der Waals surface area (Å²) in [7, 11) is 0. The average Bonchev–Trinajstić information content (AvgIpc) is 3.07. The third-order valence-corrected chi connectivity index (χ3v) is 5.73. The molecule has 3 aromatic rings. The van der Waals surface area contributed by atoms with Crippen molar-refractivity contribution in [2.75, 3.05) is 5.32 Å². The first-order valence-corrected chi connectivity index (χ1v) is 9.75. The second-order valence-electron chi connectivity index (χ2n) is 7.34. The second kappa shape index (κ2) is 6.60. The molecule has 5 nitrogen and oxygen atoms in total. The standard InChI is InChI=1S/C22H19ClN4O/c1-13-24-22-25-18-11-16(14-7-9-17(23)10-8-14)12-19(28)20(18)21(27(22)26-13)15-5-3-2-4-6-15/h2-10,16,21H,11-12H2,1H3,(H,24,25,26)/t16-,21+/m1/s1. The lowest BCUT2D eigenvalue weighted by Crippen LogP contribution is -2.33. The molecule has 1 N–H and O–H groups in total. The Bertz CT molecular complexity index is 1090. The van der Waals surface area contributed by atoms with Gasteiger partial charge in [-0.3, -0.25) is 4.79 Å². The molecule has 0 amide bonds. The number of aryl methyl sites for hydroxylation is 1. The number of halogens is 1. The fourth-order valence-electron chi connectivity index (χ4n) is 4.23. The molecule has 0 spiro atoms. The largest absolute Gasteiger partial charge is 0.328 e. The van der Waals surface area contributed by atoms with Crippen molar-refractivity contribution in [2.45, 2.75) is 31.7 Å². The van der Waals surface area contributed by atoms with Crippen LogP contribution < -0.4 is 5.32 Å². The first-order valence-electron chi connectivity index (χ1n) is 9.37. The summed E-state index contributed by atoms with van der Waals surface area (Å²) >= 11 is 6.03. The van der Waals surface area contributed by atoms with Crippen molar-refractivity contribution < 1.29 is 4.79 Å². The Morgan fingerprint density at radius 1 is 1.04 bits per heavy atom. The molecule has 1 aliphatic carbocycles. The van der Waals surface area contributed by atoms with Crippen LogP contribution in [0.2, 0.25) is 5.02 Å². The Morgan fingerprint density at radius 3 is 2.54 bits per heavy atom. The van der Waals surface area contributed by atoms with E-state index in [9.17, 15) is 4.79 Å². The fraction of sp³-hybridized carbons (Fsp3) is 0.227. The Hall–Kier alpha value is -2.92. The summed E-state index contributed by atoms with van der Waals surface area (Å²) < 4.78 is 1.84. The highest BCUT2D eigenvalue weighted by Gasteiger charge is 2.39. The zero-order chi connectivity index (χ0) is 19.3. The van der Waals surface area contributed by atoms with Crippen LogP contribution in [0, 0.1) is 6.92 Å². The SMILES string of the molecule is Cc1nc2n(n1)[C@@H](c1ccccc1)C1=C(C[C@@H](c3ccc(Cl)cc3)CC1=O)N2. The van der Waals surface area contributed by atoms with Crippen LogP contribution in [-0.2, 0) is 4.79 Å². The van der Waals surface area contributed by atoms with E-state index in [4.69, 9.17) is 11.6 Å². The predicted octanol–water partition coefficient (Wildman–Crippen LogP) is 4.66. The highest BCUT2D eigenvalue weighted by Crippen LogP contribution is 2.44. The molecule has 5 rings (SSSR count). The van der Waals surface area contributed by atoms with Gasteiger partial charge in [0.2, 0.25) is 5.95 Å². The smallest absolute Gasteiger partial charge is 0.226 e. The van der Waals surface area contributed by atoms with E-state index in [1.165, 1.54) is 0 Å². The lowest BCUT2D eigenvalue weighted by molar-refractivity contribution is -0.116. The lowest BCUT2D eigenvalue weighted by Gasteiger charge is -2.35. The second-order valence-corrected chi connectivity index (χ2v) is 7.77. The number of carbonyl (C=O) groups is 1. The average molecular weight is 391 g/mol. The van der Waals surface area contributed by atoms with Gasteiger partial charge in [-0.15, -0.1) is 0 Å². The van der Waals surface area contributed by atoms with Gasteiger partial charge >= 0.3 is 0 Å². The number of rotatable bonds is 2. The molecule has 0 unspecified atom stereocenters. The van der Waals surface area contributed by atoms with Crippen molar-refractivity contribution in [2.24, 2.45) is 0 Å². The number of fused-ring (bicyclic) bond motifs is 1. The molecule has 0 fully saturated rings. The van der Waals surface area contributed by atoms with Crippen LogP contribution in [0.4, 0.5) is 5.95 Å². The number of ketones is 1. The number of anilines is 1. The summed E-state index contributed by atoms with van der Waals surface area (Å²) in [5.74, 6) is 1.66. The number of Topliss-reactive ketones (excluding diaryl/α,β-unsaturated/α-hetero) is 1. The Labute approximate surface area is 168 Å². The van der Waals surface area contributed by atoms with Crippen molar-refractivity contribution in [1.82, 2.24) is 14.8 Å². The molecule has 2 aliphatic rings. The van der Waals surface area contributed by atoms with E-state index in [1.807, 2.05) is 66.2 Å². The number of aromatic nitrogens is 3. The van der Waals surface area contributed by atoms with E-state index in [2.05, 4.69) is 15.4 Å². The molecular formula is C22H19ClN4O. The van der Waals surface area contributed by atoms with Gasteiger partial charge in [-0.05, 0) is 42.5 Å². The summed E-state index contributed by atoms with van der Waals surface area (Å²) in [5, 5.41) is 8.65. The molecule has 0 saturated carbocycles. The number of hydrogen-bond donors (Lipinski definition) is 1. The van der Waals surface area contributed by atoms with Gasteiger partial charge in [-0.25, -0.2) is 4.68 Å². The molecular weight excluding hydrogens is 372 g/mol. The van der Waals surface area contributed by atoms with Gasteiger partial charge < -0.3 is 5.32 Å². The van der Waals surface area contributed by atoms with Gasteiger partial charge in [0.1, 0.15) is 11.9 Å². The van der Waals surface area contributed by atoms with Crippen molar-refractivity contribution >= 4 is 23.3 Å². The van der Waals surface area contributed by atoms with E-state index in [-0.39, 0.29) is 17.7 Å². The van der Waals surface area contributed by atoms with Crippen LogP contribution in [0.25, 0.3) is 0 Å². The van der Waals surface area contributed by atoms with Gasteiger partial charge in [0.15, 0.2) is 5.78 Å². The Morgan fingerprint density at radius 2 is 1.79 bits per heavy atom. The molecule has 2 heterocycles. The van der Waals surface area contributed by atoms with E-state index in [1.54, 1.807) is 0 Å². The van der Waals surface area contributed by atoms with Gasteiger partial charge in [-0.2, -0.15) is 10.1 Å². The number of nitrogens with one attached hydrogen (secondary N) is 1. The normalized spacial score (nSPS) is 21.1. The maximum Gasteiger partial charge on any atom is 0.226 e. The molecule has 140 valence electrons. The topological polar surface area (TPSA) is 59.8 Å². The molecule has 2 atom stereocenters. The van der Waals surface area contributed by atoms with Crippen LogP contribution in [0.5, 0.6) is 0 Å². The first-order chi connectivity index (χ1) is 13.6. The number of nitrogens with zero attached hydrogens (tertiary/aromatic N) is 3. The van der Waals surface area contributed by atoms with Gasteiger partial charge in [0, 0.05) is 22.7 Å². The monoisotopic (exact) mass is 390 g/mol. The number of hydrogen-bond acceptors (Lipinski definition) is 4. The highest BCUT2D eigenvalue weighted by molar-refractivity contribution is 6.30. The summed E-state index contributed by atoms with van der Waals surface area (Å²) in [6.45, 7) is 1.87. The Balaban J connectivity index is 1.60. The minimum atomic E-state index is -0.243. The van der Waals surface area contributed by atoms with Gasteiger partial charge in [0.05, 0.1) is 0 Å². The fourth-order valence-corrected chi connectivity index (χ4v) is 4.36. The predicted molar refractivity (Wildman–Crippen MR) is 108 cm³/mol. The van der Waals surface area contributed by atoms with Crippen molar-refractivity contribution in [3.8, 4) is 0 Å². The first kappa shape index (κ1) is 17.2. The van der Waals surface area contributed by atoms with Crippen LogP contribution in [-0.4, -0.2) is 20.5 Å². The maximum atomic E-state index is 13.3. The van der Waals surface area contributed by atoms with Crippen molar-refractivity contribution in [1.29, 1.82) is 0 Å². The van der Waals surface area contributed by atoms with Crippen molar-refractivity contribution in [3.63, 3.8) is 0 Å². The van der Waals surface area contributed by atoms with Gasteiger partial charge in [0.25, 0.3) is 0 Å². The van der Waals surface area contributed by atoms with Crippen LogP contribution in [0.1, 0.15) is 41.8 Å². The van der Waals surface area contributed by atoms with Gasteiger partial charge in [-0.1, -0.05) is 54.1 Å². The maximum absolute atomic E-state index is 13.3. The lowest BCUT2D eigenvalue weighted by atomic mass is 9.78. The number of benzene rings is 2. The quantitative estimate of drug-likeness (QED) is 0.691. The minimum absolute atomic E-state index is 0.128. The molecule has 2 aromatic carbocycles. The highest BCUT2D eigenvalue weighted by atomic mass is 35.5. The van der Waals surface area contributed by atoms with E-state index in [0.29, 0.717) is 23.2 Å². The summed E-state index contributed by atoms with van der Waals surface area (Å²) in [4.78, 5) is 17.8. The van der Waals surface area contributed by atoms with E-state index < -0.39 is 0 Å². The summed E-state index contributed by atoms with van der Waals surface area (Å²) in [6, 6.07) is 17.6. The van der Waals surface area contributed by atoms with E-state index >= 15 is 0 Å². The molecule has 0 bridgehead atoms. The van der Waals surface area contributed by atoms with Crippen LogP contribution >= 0.6 is 11.6 Å². The number of allylic oxidation sites excluding steroid dienone is 2. The zero-order valence-electron chi connectivity index (χ0n) is 15.4. The van der Waals surface area contributed by atoms with Crippen LogP contribution in [0.3, 0.4) is 0 Å². The minimum Gasteiger partial charge on any atom is -0.328 e. The summed E-state index contributed by atoms with van der Waals surface area (Å²) in [5.41, 5.74) is 3.92. The molecule has 28 heavy (non-hydrogen) atoms. The third-order valence-electron chi connectivity index (χ3n) is 5.48. The Kier molecular flexibility index (Phi) is 4.05. The molecule has 1 aliphatic heterocycles. The summed E-state index contributed by atoms with van der Waals surface area (Å²) in [6.07, 6.45) is 1.24. The molecule has 1 aromatic heterocycles. The zero-order valence-corrected chi connectivity index (χ0v) is 16.1.